The van der Waals surface area contributed by atoms with Crippen LogP contribution in [0, 0.1) is 19.8 Å². The highest BCUT2D eigenvalue weighted by Gasteiger charge is 2.23. The van der Waals surface area contributed by atoms with Crippen LogP contribution in [0.15, 0.2) is 18.2 Å². The second-order valence-electron chi connectivity index (χ2n) is 5.27. The second kappa shape index (κ2) is 4.91. The lowest BCUT2D eigenvalue weighted by Crippen LogP contribution is -2.39. The van der Waals surface area contributed by atoms with E-state index in [1.54, 1.807) is 0 Å². The van der Waals surface area contributed by atoms with Gasteiger partial charge < -0.3 is 4.90 Å². The fraction of sp³-hybridized carbons (Fsp3) is 0.533. The number of carbonyl (C=O) groups is 1. The molecule has 0 N–H and O–H groups in total. The number of carbonyl (C=O) groups excluding carboxylic acids is 1. The molecule has 92 valence electrons. The Labute approximate surface area is 104 Å². The van der Waals surface area contributed by atoms with E-state index in [-0.39, 0.29) is 5.91 Å². The first kappa shape index (κ1) is 12.2. The normalized spacial score (nSPS) is 20.4. The fourth-order valence-corrected chi connectivity index (χ4v) is 2.68. The van der Waals surface area contributed by atoms with E-state index in [4.69, 9.17) is 0 Å². The summed E-state index contributed by atoms with van der Waals surface area (Å²) in [7, 11) is 0. The Morgan fingerprint density at radius 1 is 1.29 bits per heavy atom. The van der Waals surface area contributed by atoms with Crippen molar-refractivity contribution in [2.24, 2.45) is 5.92 Å². The SMILES string of the molecule is Cc1cccc(C)c1C(=O)N1CCCC(C)C1. The minimum atomic E-state index is 0.215. The van der Waals surface area contributed by atoms with E-state index in [1.165, 1.54) is 6.42 Å². The van der Waals surface area contributed by atoms with Gasteiger partial charge in [0, 0.05) is 18.7 Å². The van der Waals surface area contributed by atoms with Crippen molar-refractivity contribution in [1.82, 2.24) is 4.90 Å². The molecule has 0 saturated carbocycles. The van der Waals surface area contributed by atoms with Crippen LogP contribution in [0.4, 0.5) is 0 Å². The number of nitrogens with zero attached hydrogens (tertiary/aromatic N) is 1. The molecule has 1 amide bonds. The van der Waals surface area contributed by atoms with E-state index in [0.29, 0.717) is 5.92 Å². The van der Waals surface area contributed by atoms with E-state index in [9.17, 15) is 4.79 Å². The summed E-state index contributed by atoms with van der Waals surface area (Å²) in [5.41, 5.74) is 3.09. The van der Waals surface area contributed by atoms with Crippen LogP contribution in [0.2, 0.25) is 0 Å². The van der Waals surface area contributed by atoms with Crippen molar-refractivity contribution in [3.63, 3.8) is 0 Å². The third-order valence-corrected chi connectivity index (χ3v) is 3.64. The predicted octanol–water partition coefficient (Wildman–Crippen LogP) is 3.18. The Bertz CT molecular complexity index is 405. The van der Waals surface area contributed by atoms with Gasteiger partial charge in [0.25, 0.3) is 5.91 Å². The average molecular weight is 231 g/mol. The molecule has 0 aromatic heterocycles. The molecule has 1 aliphatic heterocycles. The van der Waals surface area contributed by atoms with Gasteiger partial charge in [-0.05, 0) is 43.7 Å². The zero-order valence-corrected chi connectivity index (χ0v) is 11.0. The van der Waals surface area contributed by atoms with E-state index < -0.39 is 0 Å². The van der Waals surface area contributed by atoms with Crippen molar-refractivity contribution < 1.29 is 4.79 Å². The van der Waals surface area contributed by atoms with Gasteiger partial charge in [-0.1, -0.05) is 25.1 Å². The molecule has 2 rings (SSSR count). The molecule has 1 atom stereocenters. The lowest BCUT2D eigenvalue weighted by Gasteiger charge is -2.31. The summed E-state index contributed by atoms with van der Waals surface area (Å²) in [6.45, 7) is 8.09. The largest absolute Gasteiger partial charge is 0.338 e. The number of aryl methyl sites for hydroxylation is 2. The van der Waals surface area contributed by atoms with E-state index in [2.05, 4.69) is 6.92 Å². The van der Waals surface area contributed by atoms with Gasteiger partial charge in [0.05, 0.1) is 0 Å². The van der Waals surface area contributed by atoms with Crippen molar-refractivity contribution in [3.05, 3.63) is 34.9 Å². The van der Waals surface area contributed by atoms with Gasteiger partial charge >= 0.3 is 0 Å². The Morgan fingerprint density at radius 3 is 2.53 bits per heavy atom. The van der Waals surface area contributed by atoms with Crippen LogP contribution in [0.25, 0.3) is 0 Å². The summed E-state index contributed by atoms with van der Waals surface area (Å²) in [6.07, 6.45) is 2.38. The second-order valence-corrected chi connectivity index (χ2v) is 5.27. The number of rotatable bonds is 1. The molecular weight excluding hydrogens is 210 g/mol. The van der Waals surface area contributed by atoms with E-state index >= 15 is 0 Å². The van der Waals surface area contributed by atoms with Gasteiger partial charge in [-0.25, -0.2) is 0 Å². The topological polar surface area (TPSA) is 20.3 Å². The molecule has 1 aromatic rings. The number of hydrogen-bond acceptors (Lipinski definition) is 1. The lowest BCUT2D eigenvalue weighted by atomic mass is 9.97. The van der Waals surface area contributed by atoms with Crippen LogP contribution >= 0.6 is 0 Å². The molecule has 1 heterocycles. The van der Waals surface area contributed by atoms with E-state index in [0.717, 1.165) is 36.2 Å². The summed E-state index contributed by atoms with van der Waals surface area (Å²) in [5.74, 6) is 0.851. The molecule has 0 spiro atoms. The molecule has 1 fully saturated rings. The summed E-state index contributed by atoms with van der Waals surface area (Å²) >= 11 is 0. The van der Waals surface area contributed by atoms with Gasteiger partial charge in [-0.2, -0.15) is 0 Å². The predicted molar refractivity (Wildman–Crippen MR) is 70.2 cm³/mol. The Morgan fingerprint density at radius 2 is 1.94 bits per heavy atom. The molecular formula is C15H21NO. The van der Waals surface area contributed by atoms with Crippen LogP contribution in [0.3, 0.4) is 0 Å². The first-order chi connectivity index (χ1) is 8.09. The summed E-state index contributed by atoms with van der Waals surface area (Å²) < 4.78 is 0. The van der Waals surface area contributed by atoms with Crippen LogP contribution < -0.4 is 0 Å². The first-order valence-electron chi connectivity index (χ1n) is 6.45. The molecule has 17 heavy (non-hydrogen) atoms. The Kier molecular flexibility index (Phi) is 3.51. The maximum Gasteiger partial charge on any atom is 0.254 e. The number of hydrogen-bond donors (Lipinski definition) is 0. The smallest absolute Gasteiger partial charge is 0.254 e. The van der Waals surface area contributed by atoms with Crippen molar-refractivity contribution in [2.45, 2.75) is 33.6 Å². The number of likely N-dealkylation sites (tertiary alicyclic amines) is 1. The van der Waals surface area contributed by atoms with Crippen LogP contribution in [0.5, 0.6) is 0 Å². The first-order valence-corrected chi connectivity index (χ1v) is 6.45. The average Bonchev–Trinajstić information content (AvgIpc) is 2.28. The van der Waals surface area contributed by atoms with Gasteiger partial charge in [0.15, 0.2) is 0 Å². The molecule has 0 radical (unpaired) electrons. The van der Waals surface area contributed by atoms with Gasteiger partial charge in [0.1, 0.15) is 0 Å². The van der Waals surface area contributed by atoms with Crippen molar-refractivity contribution in [2.75, 3.05) is 13.1 Å². The molecule has 0 bridgehead atoms. The zero-order valence-electron chi connectivity index (χ0n) is 11.0. The summed E-state index contributed by atoms with van der Waals surface area (Å²) in [6, 6.07) is 6.06. The molecule has 2 nitrogen and oxygen atoms in total. The van der Waals surface area contributed by atoms with E-state index in [1.807, 2.05) is 36.9 Å². The molecule has 1 aliphatic rings. The third kappa shape index (κ3) is 2.51. The molecule has 1 unspecified atom stereocenters. The summed E-state index contributed by atoms with van der Waals surface area (Å²) in [4.78, 5) is 14.5. The maximum absolute atomic E-state index is 12.5. The number of amides is 1. The minimum Gasteiger partial charge on any atom is -0.338 e. The standard InChI is InChI=1S/C15H21NO/c1-11-6-5-9-16(10-11)15(17)14-12(2)7-4-8-13(14)3/h4,7-8,11H,5-6,9-10H2,1-3H3. The van der Waals surface area contributed by atoms with Gasteiger partial charge in [-0.15, -0.1) is 0 Å². The quantitative estimate of drug-likeness (QED) is 0.727. The Hall–Kier alpha value is -1.31. The minimum absolute atomic E-state index is 0.215. The van der Waals surface area contributed by atoms with Crippen molar-refractivity contribution in [1.29, 1.82) is 0 Å². The van der Waals surface area contributed by atoms with Crippen LogP contribution in [-0.2, 0) is 0 Å². The molecule has 0 aliphatic carbocycles. The molecule has 1 aromatic carbocycles. The molecule has 1 saturated heterocycles. The highest BCUT2D eigenvalue weighted by atomic mass is 16.2. The fourth-order valence-electron chi connectivity index (χ4n) is 2.68. The monoisotopic (exact) mass is 231 g/mol. The maximum atomic E-state index is 12.5. The zero-order chi connectivity index (χ0) is 12.4. The van der Waals surface area contributed by atoms with Gasteiger partial charge in [0.2, 0.25) is 0 Å². The summed E-state index contributed by atoms with van der Waals surface area (Å²) in [5, 5.41) is 0. The van der Waals surface area contributed by atoms with Crippen LogP contribution in [-0.4, -0.2) is 23.9 Å². The lowest BCUT2D eigenvalue weighted by molar-refractivity contribution is 0.0681. The highest BCUT2D eigenvalue weighted by molar-refractivity contribution is 5.97. The van der Waals surface area contributed by atoms with Crippen LogP contribution in [0.1, 0.15) is 41.3 Å². The number of piperidine rings is 1. The number of benzene rings is 1. The highest BCUT2D eigenvalue weighted by Crippen LogP contribution is 2.21. The third-order valence-electron chi connectivity index (χ3n) is 3.64. The Balaban J connectivity index is 2.24. The molecule has 2 heteroatoms. The van der Waals surface area contributed by atoms with Crippen molar-refractivity contribution >= 4 is 5.91 Å². The van der Waals surface area contributed by atoms with Crippen molar-refractivity contribution in [3.8, 4) is 0 Å². The van der Waals surface area contributed by atoms with Gasteiger partial charge in [-0.3, -0.25) is 4.79 Å².